The van der Waals surface area contributed by atoms with E-state index in [1.807, 2.05) is 19.1 Å². The molecule has 1 aliphatic rings. The summed E-state index contributed by atoms with van der Waals surface area (Å²) in [6.45, 7) is 2.75. The third-order valence-corrected chi connectivity index (χ3v) is 3.45. The highest BCUT2D eigenvalue weighted by molar-refractivity contribution is 5.78. The van der Waals surface area contributed by atoms with Gasteiger partial charge >= 0.3 is 0 Å². The Kier molecular flexibility index (Phi) is 2.77. The Morgan fingerprint density at radius 2 is 2.33 bits per heavy atom. The van der Waals surface area contributed by atoms with E-state index in [9.17, 15) is 0 Å². The van der Waals surface area contributed by atoms with E-state index in [0.29, 0.717) is 5.56 Å². The molecule has 0 amide bonds. The Hall–Kier alpha value is -1.86. The highest BCUT2D eigenvalue weighted by Gasteiger charge is 2.19. The second-order valence-corrected chi connectivity index (χ2v) is 4.77. The van der Waals surface area contributed by atoms with Gasteiger partial charge in [-0.15, -0.1) is 0 Å². The van der Waals surface area contributed by atoms with Crippen LogP contribution < -0.4 is 0 Å². The fourth-order valence-electron chi connectivity index (χ4n) is 2.41. The molecule has 4 heteroatoms. The molecule has 18 heavy (non-hydrogen) atoms. The van der Waals surface area contributed by atoms with Gasteiger partial charge < -0.3 is 9.72 Å². The second-order valence-electron chi connectivity index (χ2n) is 4.77. The van der Waals surface area contributed by atoms with Gasteiger partial charge in [-0.25, -0.2) is 4.98 Å². The van der Waals surface area contributed by atoms with Gasteiger partial charge in [-0.3, -0.25) is 0 Å². The third-order valence-electron chi connectivity index (χ3n) is 3.45. The quantitative estimate of drug-likeness (QED) is 0.834. The number of benzene rings is 1. The molecule has 1 saturated heterocycles. The van der Waals surface area contributed by atoms with Crippen molar-refractivity contribution in [1.82, 2.24) is 9.97 Å². The van der Waals surface area contributed by atoms with Crippen molar-refractivity contribution in [3.05, 3.63) is 29.1 Å². The predicted molar refractivity (Wildman–Crippen MR) is 68.1 cm³/mol. The number of H-pyrrole nitrogens is 1. The monoisotopic (exact) mass is 241 g/mol. The molecule has 4 nitrogen and oxygen atoms in total. The van der Waals surface area contributed by atoms with E-state index in [1.165, 1.54) is 6.42 Å². The van der Waals surface area contributed by atoms with Crippen molar-refractivity contribution in [3.8, 4) is 6.07 Å². The van der Waals surface area contributed by atoms with Crippen molar-refractivity contribution >= 4 is 11.0 Å². The maximum atomic E-state index is 9.02. The van der Waals surface area contributed by atoms with Crippen LogP contribution in [0.2, 0.25) is 0 Å². The third kappa shape index (κ3) is 1.87. The van der Waals surface area contributed by atoms with Gasteiger partial charge in [0.2, 0.25) is 0 Å². The highest BCUT2D eigenvalue weighted by Crippen LogP contribution is 2.28. The van der Waals surface area contributed by atoms with Gasteiger partial charge in [-0.05, 0) is 43.9 Å². The van der Waals surface area contributed by atoms with E-state index in [0.717, 1.165) is 41.9 Å². The lowest BCUT2D eigenvalue weighted by Crippen LogP contribution is -2.12. The summed E-state index contributed by atoms with van der Waals surface area (Å²) < 4.78 is 5.72. The number of aromatic nitrogens is 2. The van der Waals surface area contributed by atoms with Crippen LogP contribution in [0.3, 0.4) is 0 Å². The van der Waals surface area contributed by atoms with E-state index in [4.69, 9.17) is 10.00 Å². The number of ether oxygens (including phenoxy) is 1. The minimum absolute atomic E-state index is 0.0805. The van der Waals surface area contributed by atoms with Crippen LogP contribution in [0.5, 0.6) is 0 Å². The number of imidazole rings is 1. The van der Waals surface area contributed by atoms with E-state index in [2.05, 4.69) is 16.0 Å². The van der Waals surface area contributed by atoms with Crippen molar-refractivity contribution in [2.75, 3.05) is 6.61 Å². The van der Waals surface area contributed by atoms with Crippen LogP contribution in [0, 0.1) is 18.3 Å². The average Bonchev–Trinajstić information content (AvgIpc) is 2.81. The van der Waals surface area contributed by atoms with E-state index < -0.39 is 0 Å². The zero-order valence-electron chi connectivity index (χ0n) is 10.4. The molecule has 2 aromatic rings. The predicted octanol–water partition coefficient (Wildman–Crippen LogP) is 2.98. The lowest BCUT2D eigenvalue weighted by atomic mass is 10.1. The molecule has 0 saturated carbocycles. The van der Waals surface area contributed by atoms with Gasteiger partial charge in [0.1, 0.15) is 11.9 Å². The van der Waals surface area contributed by atoms with Gasteiger partial charge in [0.25, 0.3) is 0 Å². The number of hydrogen-bond acceptors (Lipinski definition) is 3. The van der Waals surface area contributed by atoms with Crippen LogP contribution in [-0.2, 0) is 4.74 Å². The van der Waals surface area contributed by atoms with Crippen molar-refractivity contribution in [2.45, 2.75) is 32.3 Å². The van der Waals surface area contributed by atoms with Crippen molar-refractivity contribution in [1.29, 1.82) is 5.26 Å². The zero-order chi connectivity index (χ0) is 12.5. The molecule has 0 spiro atoms. The molecule has 1 atom stereocenters. The Morgan fingerprint density at radius 1 is 1.44 bits per heavy atom. The number of aryl methyl sites for hydroxylation is 1. The van der Waals surface area contributed by atoms with Crippen LogP contribution in [0.25, 0.3) is 11.0 Å². The maximum absolute atomic E-state index is 9.02. The molecule has 1 unspecified atom stereocenters. The summed E-state index contributed by atoms with van der Waals surface area (Å²) in [6, 6.07) is 6.01. The number of fused-ring (bicyclic) bond motifs is 1. The van der Waals surface area contributed by atoms with E-state index in [-0.39, 0.29) is 6.10 Å². The molecule has 0 bridgehead atoms. The maximum Gasteiger partial charge on any atom is 0.136 e. The minimum atomic E-state index is 0.0805. The van der Waals surface area contributed by atoms with Crippen LogP contribution in [-0.4, -0.2) is 16.6 Å². The topological polar surface area (TPSA) is 61.7 Å². The first-order valence-electron chi connectivity index (χ1n) is 6.30. The fourth-order valence-corrected chi connectivity index (χ4v) is 2.41. The van der Waals surface area contributed by atoms with Crippen LogP contribution in [0.1, 0.15) is 42.3 Å². The number of rotatable bonds is 1. The Labute approximate surface area is 106 Å². The Morgan fingerprint density at radius 3 is 3.06 bits per heavy atom. The summed E-state index contributed by atoms with van der Waals surface area (Å²) >= 11 is 0. The SMILES string of the molecule is Cc1cc2[nH]c(C3CCCCO3)nc2cc1C#N. The fraction of sp³-hybridized carbons (Fsp3) is 0.429. The lowest BCUT2D eigenvalue weighted by Gasteiger charge is -2.20. The van der Waals surface area contributed by atoms with Crippen molar-refractivity contribution < 1.29 is 4.74 Å². The second kappa shape index (κ2) is 4.43. The average molecular weight is 241 g/mol. The zero-order valence-corrected chi connectivity index (χ0v) is 10.4. The Bertz CT molecular complexity index is 618. The van der Waals surface area contributed by atoms with Crippen LogP contribution >= 0.6 is 0 Å². The summed E-state index contributed by atoms with van der Waals surface area (Å²) in [5.74, 6) is 0.888. The van der Waals surface area contributed by atoms with E-state index in [1.54, 1.807) is 0 Å². The molecular weight excluding hydrogens is 226 g/mol. The largest absolute Gasteiger partial charge is 0.370 e. The molecule has 1 aromatic carbocycles. The number of nitrogens with one attached hydrogen (secondary N) is 1. The molecule has 1 N–H and O–H groups in total. The van der Waals surface area contributed by atoms with Gasteiger partial charge in [-0.2, -0.15) is 5.26 Å². The smallest absolute Gasteiger partial charge is 0.136 e. The number of hydrogen-bond donors (Lipinski definition) is 1. The summed E-state index contributed by atoms with van der Waals surface area (Å²) in [6.07, 6.45) is 3.42. The summed E-state index contributed by atoms with van der Waals surface area (Å²) in [7, 11) is 0. The molecular formula is C14H15N3O. The summed E-state index contributed by atoms with van der Waals surface area (Å²) in [4.78, 5) is 7.87. The highest BCUT2D eigenvalue weighted by atomic mass is 16.5. The summed E-state index contributed by atoms with van der Waals surface area (Å²) in [5.41, 5.74) is 3.49. The van der Waals surface area contributed by atoms with Crippen molar-refractivity contribution in [3.63, 3.8) is 0 Å². The molecule has 2 heterocycles. The Balaban J connectivity index is 2.03. The first kappa shape index (κ1) is 11.2. The van der Waals surface area contributed by atoms with E-state index >= 15 is 0 Å². The van der Waals surface area contributed by atoms with Gasteiger partial charge in [-0.1, -0.05) is 0 Å². The number of nitrogens with zero attached hydrogens (tertiary/aromatic N) is 2. The van der Waals surface area contributed by atoms with Gasteiger partial charge in [0.05, 0.1) is 22.7 Å². The number of nitriles is 1. The first-order chi connectivity index (χ1) is 8.78. The normalized spacial score (nSPS) is 19.9. The molecule has 1 aromatic heterocycles. The van der Waals surface area contributed by atoms with Gasteiger partial charge in [0, 0.05) is 6.61 Å². The lowest BCUT2D eigenvalue weighted by molar-refractivity contribution is 0.0101. The first-order valence-corrected chi connectivity index (χ1v) is 6.30. The molecule has 0 aliphatic carbocycles. The summed E-state index contributed by atoms with van der Waals surface area (Å²) in [5, 5.41) is 9.02. The van der Waals surface area contributed by atoms with Crippen molar-refractivity contribution in [2.24, 2.45) is 0 Å². The molecule has 1 aliphatic heterocycles. The molecule has 1 fully saturated rings. The van der Waals surface area contributed by atoms with Crippen LogP contribution in [0.4, 0.5) is 0 Å². The van der Waals surface area contributed by atoms with Gasteiger partial charge in [0.15, 0.2) is 0 Å². The molecule has 0 radical (unpaired) electrons. The molecule has 3 rings (SSSR count). The molecule has 92 valence electrons. The number of aromatic amines is 1. The standard InChI is InChI=1S/C14H15N3O/c1-9-6-11-12(7-10(9)8-15)17-14(16-11)13-4-2-3-5-18-13/h6-7,13H,2-5H2,1H3,(H,16,17). The van der Waals surface area contributed by atoms with Crippen LogP contribution in [0.15, 0.2) is 12.1 Å². The minimum Gasteiger partial charge on any atom is -0.370 e.